The molecule has 0 fully saturated rings. The summed E-state index contributed by atoms with van der Waals surface area (Å²) >= 11 is 1.66. The predicted molar refractivity (Wildman–Crippen MR) is 61.6 cm³/mol. The Morgan fingerprint density at radius 2 is 2.29 bits per heavy atom. The number of terminal acetylenes is 1. The van der Waals surface area contributed by atoms with Crippen LogP contribution in [-0.2, 0) is 0 Å². The highest BCUT2D eigenvalue weighted by molar-refractivity contribution is 7.22. The summed E-state index contributed by atoms with van der Waals surface area (Å²) in [7, 11) is 0. The quantitative estimate of drug-likeness (QED) is 0.611. The van der Waals surface area contributed by atoms with Gasteiger partial charge in [-0.2, -0.15) is 0 Å². The van der Waals surface area contributed by atoms with Gasteiger partial charge in [0.1, 0.15) is 0 Å². The smallest absolute Gasteiger partial charge is 0.183 e. The van der Waals surface area contributed by atoms with Gasteiger partial charge in [0.2, 0.25) is 0 Å². The maximum absolute atomic E-state index is 5.16. The van der Waals surface area contributed by atoms with E-state index in [9.17, 15) is 0 Å². The average molecular weight is 202 g/mol. The minimum atomic E-state index is 0.732. The third-order valence-electron chi connectivity index (χ3n) is 1.84. The van der Waals surface area contributed by atoms with Gasteiger partial charge in [0.15, 0.2) is 5.13 Å². The number of para-hydroxylation sites is 1. The van der Waals surface area contributed by atoms with Gasteiger partial charge < -0.3 is 5.32 Å². The van der Waals surface area contributed by atoms with E-state index in [0.717, 1.165) is 23.6 Å². The molecule has 0 unspecified atom stereocenters. The molecule has 0 saturated heterocycles. The van der Waals surface area contributed by atoms with Crippen molar-refractivity contribution in [1.82, 2.24) is 4.98 Å². The Morgan fingerprint density at radius 3 is 3.07 bits per heavy atom. The molecule has 14 heavy (non-hydrogen) atoms. The van der Waals surface area contributed by atoms with E-state index in [-0.39, 0.29) is 0 Å². The lowest BCUT2D eigenvalue weighted by molar-refractivity contribution is 1.09. The van der Waals surface area contributed by atoms with Crippen molar-refractivity contribution in [3.8, 4) is 12.3 Å². The summed E-state index contributed by atoms with van der Waals surface area (Å²) in [5.41, 5.74) is 1.04. The van der Waals surface area contributed by atoms with Gasteiger partial charge >= 0.3 is 0 Å². The summed E-state index contributed by atoms with van der Waals surface area (Å²) in [6, 6.07) is 8.09. The normalized spacial score (nSPS) is 9.93. The molecule has 0 radical (unpaired) electrons. The number of hydrogen-bond donors (Lipinski definition) is 1. The molecule has 2 aromatic rings. The van der Waals surface area contributed by atoms with Crippen molar-refractivity contribution < 1.29 is 0 Å². The second-order valence-corrected chi connectivity index (χ2v) is 3.90. The van der Waals surface area contributed by atoms with Gasteiger partial charge in [-0.1, -0.05) is 23.5 Å². The van der Waals surface area contributed by atoms with Gasteiger partial charge in [-0.05, 0) is 12.1 Å². The first-order valence-electron chi connectivity index (χ1n) is 4.43. The van der Waals surface area contributed by atoms with Gasteiger partial charge in [-0.15, -0.1) is 12.3 Å². The number of aromatic nitrogens is 1. The highest BCUT2D eigenvalue weighted by Gasteiger charge is 2.00. The van der Waals surface area contributed by atoms with E-state index >= 15 is 0 Å². The van der Waals surface area contributed by atoms with Crippen LogP contribution in [0.4, 0.5) is 5.13 Å². The van der Waals surface area contributed by atoms with E-state index in [1.807, 2.05) is 18.2 Å². The first kappa shape index (κ1) is 9.04. The first-order chi connectivity index (χ1) is 6.90. The Kier molecular flexibility index (Phi) is 2.66. The third kappa shape index (κ3) is 1.86. The second kappa shape index (κ2) is 4.12. The molecule has 0 amide bonds. The fourth-order valence-corrected chi connectivity index (χ4v) is 2.08. The fourth-order valence-electron chi connectivity index (χ4n) is 1.19. The van der Waals surface area contributed by atoms with E-state index in [2.05, 4.69) is 22.3 Å². The van der Waals surface area contributed by atoms with Gasteiger partial charge in [0.05, 0.1) is 10.2 Å². The minimum absolute atomic E-state index is 0.732. The molecule has 70 valence electrons. The molecule has 1 N–H and O–H groups in total. The topological polar surface area (TPSA) is 24.9 Å². The highest BCUT2D eigenvalue weighted by Crippen LogP contribution is 2.24. The maximum atomic E-state index is 5.16. The molecular weight excluding hydrogens is 192 g/mol. The molecule has 0 spiro atoms. The van der Waals surface area contributed by atoms with Gasteiger partial charge in [0, 0.05) is 13.0 Å². The van der Waals surface area contributed by atoms with Crippen molar-refractivity contribution in [2.45, 2.75) is 6.42 Å². The van der Waals surface area contributed by atoms with Crippen molar-refractivity contribution in [3.05, 3.63) is 24.3 Å². The zero-order valence-electron chi connectivity index (χ0n) is 7.66. The molecule has 3 heteroatoms. The summed E-state index contributed by atoms with van der Waals surface area (Å²) in [5.74, 6) is 2.59. The highest BCUT2D eigenvalue weighted by atomic mass is 32.1. The molecule has 0 bridgehead atoms. The third-order valence-corrected chi connectivity index (χ3v) is 2.83. The van der Waals surface area contributed by atoms with Crippen LogP contribution in [0.25, 0.3) is 10.2 Å². The maximum Gasteiger partial charge on any atom is 0.183 e. The van der Waals surface area contributed by atoms with E-state index in [1.54, 1.807) is 11.3 Å². The standard InChI is InChI=1S/C11H10N2S/c1-2-3-8-12-11-13-9-6-4-5-7-10(9)14-11/h1,4-7H,3,8H2,(H,12,13). The van der Waals surface area contributed by atoms with Crippen molar-refractivity contribution >= 4 is 26.7 Å². The van der Waals surface area contributed by atoms with Gasteiger partial charge in [0.25, 0.3) is 0 Å². The molecule has 0 aliphatic carbocycles. The molecule has 1 heterocycles. The van der Waals surface area contributed by atoms with Crippen LogP contribution in [0.2, 0.25) is 0 Å². The van der Waals surface area contributed by atoms with Crippen LogP contribution in [0.1, 0.15) is 6.42 Å². The van der Waals surface area contributed by atoms with Crippen LogP contribution in [0.3, 0.4) is 0 Å². The number of anilines is 1. The zero-order valence-corrected chi connectivity index (χ0v) is 8.47. The number of rotatable bonds is 3. The summed E-state index contributed by atoms with van der Waals surface area (Å²) in [6.07, 6.45) is 5.89. The first-order valence-corrected chi connectivity index (χ1v) is 5.25. The molecule has 1 aromatic carbocycles. The second-order valence-electron chi connectivity index (χ2n) is 2.87. The summed E-state index contributed by atoms with van der Waals surface area (Å²) in [5, 5.41) is 4.15. The zero-order chi connectivity index (χ0) is 9.80. The van der Waals surface area contributed by atoms with Crippen molar-refractivity contribution in [3.63, 3.8) is 0 Å². The van der Waals surface area contributed by atoms with E-state index in [4.69, 9.17) is 6.42 Å². The van der Waals surface area contributed by atoms with Crippen LogP contribution in [0, 0.1) is 12.3 Å². The number of benzene rings is 1. The molecule has 0 saturated carbocycles. The lowest BCUT2D eigenvalue weighted by Crippen LogP contribution is -1.98. The van der Waals surface area contributed by atoms with Crippen LogP contribution in [-0.4, -0.2) is 11.5 Å². The van der Waals surface area contributed by atoms with Crippen LogP contribution < -0.4 is 5.32 Å². The van der Waals surface area contributed by atoms with Crippen LogP contribution in [0.5, 0.6) is 0 Å². The number of nitrogens with zero attached hydrogens (tertiary/aromatic N) is 1. The summed E-state index contributed by atoms with van der Waals surface area (Å²) in [6.45, 7) is 0.788. The van der Waals surface area contributed by atoms with Crippen molar-refractivity contribution in [1.29, 1.82) is 0 Å². The molecule has 0 aliphatic rings. The monoisotopic (exact) mass is 202 g/mol. The summed E-state index contributed by atoms with van der Waals surface area (Å²) < 4.78 is 1.20. The largest absolute Gasteiger partial charge is 0.361 e. The number of nitrogens with one attached hydrogen (secondary N) is 1. The van der Waals surface area contributed by atoms with Gasteiger partial charge in [-0.3, -0.25) is 0 Å². The number of fused-ring (bicyclic) bond motifs is 1. The lowest BCUT2D eigenvalue weighted by atomic mass is 10.3. The lowest BCUT2D eigenvalue weighted by Gasteiger charge is -1.95. The average Bonchev–Trinajstić information content (AvgIpc) is 2.60. The van der Waals surface area contributed by atoms with Crippen LogP contribution in [0.15, 0.2) is 24.3 Å². The summed E-state index contributed by atoms with van der Waals surface area (Å²) in [4.78, 5) is 4.42. The van der Waals surface area contributed by atoms with Crippen molar-refractivity contribution in [2.24, 2.45) is 0 Å². The molecule has 0 atom stereocenters. The Bertz CT molecular complexity index is 434. The molecular formula is C11H10N2S. The van der Waals surface area contributed by atoms with E-state index < -0.39 is 0 Å². The molecule has 1 aromatic heterocycles. The van der Waals surface area contributed by atoms with E-state index in [1.165, 1.54) is 4.70 Å². The molecule has 2 nitrogen and oxygen atoms in total. The predicted octanol–water partition coefficient (Wildman–Crippen LogP) is 2.73. The SMILES string of the molecule is C#CCCNc1nc2ccccc2s1. The Hall–Kier alpha value is -1.53. The fraction of sp³-hybridized carbons (Fsp3) is 0.182. The minimum Gasteiger partial charge on any atom is -0.361 e. The van der Waals surface area contributed by atoms with Crippen molar-refractivity contribution in [2.75, 3.05) is 11.9 Å². The van der Waals surface area contributed by atoms with Gasteiger partial charge in [-0.25, -0.2) is 4.98 Å². The number of thiazole rings is 1. The Labute approximate surface area is 87.0 Å². The Balaban J connectivity index is 2.15. The Morgan fingerprint density at radius 1 is 1.43 bits per heavy atom. The number of hydrogen-bond acceptors (Lipinski definition) is 3. The van der Waals surface area contributed by atoms with Crippen LogP contribution >= 0.6 is 11.3 Å². The molecule has 2 rings (SSSR count). The molecule has 0 aliphatic heterocycles. The van der Waals surface area contributed by atoms with E-state index in [0.29, 0.717) is 0 Å².